The molecule has 0 aliphatic carbocycles. The number of aliphatic carboxylic acids is 1. The smallest absolute Gasteiger partial charge is 0.303 e. The van der Waals surface area contributed by atoms with Crippen LogP contribution in [0.25, 0.3) is 0 Å². The van der Waals surface area contributed by atoms with Crippen molar-refractivity contribution in [1.82, 2.24) is 0 Å². The average molecular weight is 122 g/mol. The van der Waals surface area contributed by atoms with Gasteiger partial charge in [0.1, 0.15) is 0 Å². The summed E-state index contributed by atoms with van der Waals surface area (Å²) in [7, 11) is 0. The Balaban J connectivity index is 0. The van der Waals surface area contributed by atoms with Gasteiger partial charge in [0.05, 0.1) is 0 Å². The van der Waals surface area contributed by atoms with Crippen molar-refractivity contribution in [3.8, 4) is 0 Å². The highest BCUT2D eigenvalue weighted by Gasteiger charge is 1.87. The number of carboxylic acids is 1. The van der Waals surface area contributed by atoms with Crippen LogP contribution in [0.1, 0.15) is 19.8 Å². The highest BCUT2D eigenvalue weighted by Crippen LogP contribution is 1.82. The highest BCUT2D eigenvalue weighted by atomic mass is 32.1. The molecule has 0 rings (SSSR count). The lowest BCUT2D eigenvalue weighted by molar-refractivity contribution is -0.137. The molecule has 0 fully saturated rings. The van der Waals surface area contributed by atoms with Crippen LogP contribution in [0.3, 0.4) is 0 Å². The fraction of sp³-hybridized carbons (Fsp3) is 0.750. The largest absolute Gasteiger partial charge is 0.481 e. The Kier molecular flexibility index (Phi) is 8.27. The van der Waals surface area contributed by atoms with Crippen LogP contribution in [-0.2, 0) is 4.79 Å². The molecule has 0 heterocycles. The van der Waals surface area contributed by atoms with Gasteiger partial charge in [-0.3, -0.25) is 4.79 Å². The third kappa shape index (κ3) is 10.7. The van der Waals surface area contributed by atoms with Gasteiger partial charge in [-0.2, -0.15) is 13.5 Å². The van der Waals surface area contributed by atoms with E-state index in [1.165, 1.54) is 0 Å². The van der Waals surface area contributed by atoms with Gasteiger partial charge >= 0.3 is 5.97 Å². The fourth-order valence-electron chi connectivity index (χ4n) is 0.214. The molecule has 0 aliphatic rings. The van der Waals surface area contributed by atoms with Crippen LogP contribution in [0.4, 0.5) is 0 Å². The molecule has 7 heavy (non-hydrogen) atoms. The van der Waals surface area contributed by atoms with Crippen molar-refractivity contribution in [2.75, 3.05) is 0 Å². The first-order valence-electron chi connectivity index (χ1n) is 1.99. The molecule has 0 aromatic carbocycles. The Morgan fingerprint density at radius 1 is 1.71 bits per heavy atom. The standard InChI is InChI=1S/C4H8O2.H2S/c1-2-3-4(5)6;/h2-3H2,1H3,(H,5,6);1H2. The predicted molar refractivity (Wildman–Crippen MR) is 32.9 cm³/mol. The topological polar surface area (TPSA) is 37.3 Å². The van der Waals surface area contributed by atoms with Crippen molar-refractivity contribution in [3.05, 3.63) is 0 Å². The maximum atomic E-state index is 9.60. The van der Waals surface area contributed by atoms with Gasteiger partial charge in [-0.1, -0.05) is 6.92 Å². The first-order valence-corrected chi connectivity index (χ1v) is 1.99. The quantitative estimate of drug-likeness (QED) is 0.593. The molecular formula is C4H10O2S. The van der Waals surface area contributed by atoms with Gasteiger partial charge in [-0.05, 0) is 6.42 Å². The van der Waals surface area contributed by atoms with Crippen LogP contribution in [0.15, 0.2) is 0 Å². The van der Waals surface area contributed by atoms with E-state index in [4.69, 9.17) is 5.11 Å². The summed E-state index contributed by atoms with van der Waals surface area (Å²) < 4.78 is 0. The zero-order valence-corrected chi connectivity index (χ0v) is 5.27. The summed E-state index contributed by atoms with van der Waals surface area (Å²) >= 11 is 0. The zero-order chi connectivity index (χ0) is 4.99. The van der Waals surface area contributed by atoms with Crippen molar-refractivity contribution in [1.29, 1.82) is 0 Å². The molecule has 0 unspecified atom stereocenters. The Labute approximate surface area is 50.0 Å². The molecule has 0 amide bonds. The summed E-state index contributed by atoms with van der Waals surface area (Å²) in [6.07, 6.45) is 1.02. The van der Waals surface area contributed by atoms with Gasteiger partial charge < -0.3 is 5.11 Å². The van der Waals surface area contributed by atoms with E-state index in [1.54, 1.807) is 0 Å². The SMILES string of the molecule is CCCC(=O)O.S. The summed E-state index contributed by atoms with van der Waals surface area (Å²) in [5.41, 5.74) is 0. The fourth-order valence-corrected chi connectivity index (χ4v) is 0.214. The average Bonchev–Trinajstić information content (AvgIpc) is 1.35. The zero-order valence-electron chi connectivity index (χ0n) is 4.27. The maximum absolute atomic E-state index is 9.60. The number of carbonyl (C=O) groups is 1. The molecule has 0 aliphatic heterocycles. The van der Waals surface area contributed by atoms with Gasteiger partial charge in [-0.25, -0.2) is 0 Å². The summed E-state index contributed by atoms with van der Waals surface area (Å²) in [6.45, 7) is 1.84. The number of hydrogen-bond acceptors (Lipinski definition) is 1. The Morgan fingerprint density at radius 3 is 2.14 bits per heavy atom. The molecule has 0 saturated carbocycles. The number of rotatable bonds is 2. The van der Waals surface area contributed by atoms with Crippen LogP contribution in [0.2, 0.25) is 0 Å². The second-order valence-electron chi connectivity index (χ2n) is 1.14. The molecule has 0 aromatic heterocycles. The predicted octanol–water partition coefficient (Wildman–Crippen LogP) is 0.984. The third-order valence-corrected chi connectivity index (χ3v) is 0.464. The van der Waals surface area contributed by atoms with E-state index in [0.29, 0.717) is 6.42 Å². The minimum Gasteiger partial charge on any atom is -0.481 e. The molecule has 44 valence electrons. The molecule has 3 heteroatoms. The summed E-state index contributed by atoms with van der Waals surface area (Å²) in [5, 5.41) is 7.91. The normalized spacial score (nSPS) is 7.00. The third-order valence-electron chi connectivity index (χ3n) is 0.464. The van der Waals surface area contributed by atoms with E-state index in [2.05, 4.69) is 0 Å². The second-order valence-corrected chi connectivity index (χ2v) is 1.14. The van der Waals surface area contributed by atoms with E-state index in [-0.39, 0.29) is 13.5 Å². The van der Waals surface area contributed by atoms with E-state index < -0.39 is 5.97 Å². The minimum absolute atomic E-state index is 0. The first-order chi connectivity index (χ1) is 2.77. The monoisotopic (exact) mass is 122 g/mol. The summed E-state index contributed by atoms with van der Waals surface area (Å²) in [5.74, 6) is -0.711. The molecule has 2 nitrogen and oxygen atoms in total. The van der Waals surface area contributed by atoms with E-state index in [9.17, 15) is 4.79 Å². The van der Waals surface area contributed by atoms with E-state index in [0.717, 1.165) is 6.42 Å². The van der Waals surface area contributed by atoms with Crippen molar-refractivity contribution in [3.63, 3.8) is 0 Å². The maximum Gasteiger partial charge on any atom is 0.303 e. The molecule has 0 atom stereocenters. The highest BCUT2D eigenvalue weighted by molar-refractivity contribution is 7.59. The second kappa shape index (κ2) is 5.82. The van der Waals surface area contributed by atoms with Crippen molar-refractivity contribution in [2.24, 2.45) is 0 Å². The molecule has 0 radical (unpaired) electrons. The van der Waals surface area contributed by atoms with Gasteiger partial charge in [-0.15, -0.1) is 0 Å². The summed E-state index contributed by atoms with van der Waals surface area (Å²) in [4.78, 5) is 9.60. The summed E-state index contributed by atoms with van der Waals surface area (Å²) in [6, 6.07) is 0. The van der Waals surface area contributed by atoms with Crippen LogP contribution in [0.5, 0.6) is 0 Å². The number of carboxylic acid groups (broad SMARTS) is 1. The molecule has 0 bridgehead atoms. The van der Waals surface area contributed by atoms with Gasteiger partial charge in [0.2, 0.25) is 0 Å². The molecule has 0 aromatic rings. The number of hydrogen-bond donors (Lipinski definition) is 1. The Morgan fingerprint density at radius 2 is 2.14 bits per heavy atom. The van der Waals surface area contributed by atoms with Crippen LogP contribution in [0, 0.1) is 0 Å². The van der Waals surface area contributed by atoms with Crippen molar-refractivity contribution < 1.29 is 9.90 Å². The molecule has 1 N–H and O–H groups in total. The van der Waals surface area contributed by atoms with Gasteiger partial charge in [0.15, 0.2) is 0 Å². The van der Waals surface area contributed by atoms with Crippen LogP contribution in [-0.4, -0.2) is 11.1 Å². The molecular weight excluding hydrogens is 112 g/mol. The first kappa shape index (κ1) is 9.94. The molecule has 0 spiro atoms. The van der Waals surface area contributed by atoms with Gasteiger partial charge in [0, 0.05) is 6.42 Å². The Bertz CT molecular complexity index is 53.7. The lowest BCUT2D eigenvalue weighted by Crippen LogP contribution is -1.90. The lowest BCUT2D eigenvalue weighted by Gasteiger charge is -1.79. The van der Waals surface area contributed by atoms with Gasteiger partial charge in [0.25, 0.3) is 0 Å². The van der Waals surface area contributed by atoms with E-state index >= 15 is 0 Å². The van der Waals surface area contributed by atoms with Crippen molar-refractivity contribution in [2.45, 2.75) is 19.8 Å². The lowest BCUT2D eigenvalue weighted by atomic mass is 10.4. The van der Waals surface area contributed by atoms with Crippen molar-refractivity contribution >= 4 is 19.5 Å². The van der Waals surface area contributed by atoms with E-state index in [1.807, 2.05) is 6.92 Å². The van der Waals surface area contributed by atoms with Crippen LogP contribution >= 0.6 is 13.5 Å². The van der Waals surface area contributed by atoms with Crippen LogP contribution < -0.4 is 0 Å². The minimum atomic E-state index is -0.711. The molecule has 0 saturated heterocycles. The Hall–Kier alpha value is -0.180.